The number of halogens is 1. The van der Waals surface area contributed by atoms with E-state index in [0.717, 1.165) is 29.7 Å². The van der Waals surface area contributed by atoms with Crippen LogP contribution >= 0.6 is 11.6 Å². The lowest BCUT2D eigenvalue weighted by Crippen LogP contribution is -2.38. The molecule has 1 saturated heterocycles. The second-order valence-corrected chi connectivity index (χ2v) is 5.53. The lowest BCUT2D eigenvalue weighted by molar-refractivity contribution is 0.177. The van der Waals surface area contributed by atoms with Gasteiger partial charge < -0.3 is 10.2 Å². The molecular weight excluding hydrogens is 244 g/mol. The molecule has 0 bridgehead atoms. The second-order valence-electron chi connectivity index (χ2n) is 5.12. The van der Waals surface area contributed by atoms with Gasteiger partial charge in [-0.1, -0.05) is 37.1 Å². The molecule has 1 fully saturated rings. The van der Waals surface area contributed by atoms with Gasteiger partial charge in [0.25, 0.3) is 0 Å². The van der Waals surface area contributed by atoms with Crippen molar-refractivity contribution in [1.82, 2.24) is 4.90 Å². The Kier molecular flexibility index (Phi) is 5.33. The normalized spacial score (nSPS) is 20.9. The number of likely N-dealkylation sites (tertiary alicyclic amines) is 1. The molecule has 1 aromatic carbocycles. The molecule has 1 aliphatic rings. The topological polar surface area (TPSA) is 15.3 Å². The molecule has 0 spiro atoms. The Bertz CT molecular complexity index is 367. The number of hydrogen-bond donors (Lipinski definition) is 1. The molecule has 0 radical (unpaired) electrons. The molecule has 1 aromatic rings. The summed E-state index contributed by atoms with van der Waals surface area (Å²) in [6, 6.07) is 7.94. The predicted octanol–water partition coefficient (Wildman–Crippen LogP) is 3.87. The van der Waals surface area contributed by atoms with Crippen molar-refractivity contribution < 1.29 is 0 Å². The summed E-state index contributed by atoms with van der Waals surface area (Å²) in [5.74, 6) is 0.902. The van der Waals surface area contributed by atoms with Gasteiger partial charge in [-0.3, -0.25) is 0 Å². The van der Waals surface area contributed by atoms with Crippen LogP contribution in [0.3, 0.4) is 0 Å². The number of benzene rings is 1. The van der Waals surface area contributed by atoms with E-state index in [1.807, 2.05) is 24.3 Å². The standard InChI is InChI=1S/C15H23ClN2/c1-2-13-6-5-10-18(12-13)11-9-17-15-8-4-3-7-14(15)16/h3-4,7-8,13,17H,2,5-6,9-12H2,1H3. The molecule has 18 heavy (non-hydrogen) atoms. The minimum atomic E-state index is 0.808. The van der Waals surface area contributed by atoms with Crippen LogP contribution < -0.4 is 5.32 Å². The van der Waals surface area contributed by atoms with Crippen LogP contribution in [-0.4, -0.2) is 31.1 Å². The van der Waals surface area contributed by atoms with Crippen molar-refractivity contribution in [3.8, 4) is 0 Å². The molecule has 1 unspecified atom stereocenters. The van der Waals surface area contributed by atoms with Crippen LogP contribution in [0.25, 0.3) is 0 Å². The second kappa shape index (κ2) is 7.01. The largest absolute Gasteiger partial charge is 0.383 e. The number of nitrogens with zero attached hydrogens (tertiary/aromatic N) is 1. The highest BCUT2D eigenvalue weighted by molar-refractivity contribution is 6.33. The van der Waals surface area contributed by atoms with Gasteiger partial charge in [-0.05, 0) is 37.4 Å². The predicted molar refractivity (Wildman–Crippen MR) is 79.4 cm³/mol. The highest BCUT2D eigenvalue weighted by Crippen LogP contribution is 2.21. The Balaban J connectivity index is 1.73. The smallest absolute Gasteiger partial charge is 0.0637 e. The van der Waals surface area contributed by atoms with Crippen molar-refractivity contribution in [3.05, 3.63) is 29.3 Å². The SMILES string of the molecule is CCC1CCCN(CCNc2ccccc2Cl)C1. The first-order chi connectivity index (χ1) is 8.79. The monoisotopic (exact) mass is 266 g/mol. The van der Waals surface area contributed by atoms with Gasteiger partial charge in [0.1, 0.15) is 0 Å². The zero-order valence-electron chi connectivity index (χ0n) is 11.2. The third-order valence-corrected chi connectivity index (χ3v) is 4.13. The van der Waals surface area contributed by atoms with Crippen LogP contribution in [0.1, 0.15) is 26.2 Å². The fourth-order valence-electron chi connectivity index (χ4n) is 2.64. The maximum Gasteiger partial charge on any atom is 0.0637 e. The van der Waals surface area contributed by atoms with Gasteiger partial charge in [-0.25, -0.2) is 0 Å². The van der Waals surface area contributed by atoms with Crippen LogP contribution in [0.2, 0.25) is 5.02 Å². The van der Waals surface area contributed by atoms with Gasteiger partial charge in [0.2, 0.25) is 0 Å². The molecule has 2 nitrogen and oxygen atoms in total. The average molecular weight is 267 g/mol. The molecule has 0 saturated carbocycles. The van der Waals surface area contributed by atoms with Crippen molar-refractivity contribution >= 4 is 17.3 Å². The van der Waals surface area contributed by atoms with E-state index in [1.165, 1.54) is 32.4 Å². The summed E-state index contributed by atoms with van der Waals surface area (Å²) in [5, 5.41) is 4.23. The Morgan fingerprint density at radius 1 is 1.39 bits per heavy atom. The first-order valence-corrected chi connectivity index (χ1v) is 7.38. The van der Waals surface area contributed by atoms with Gasteiger partial charge in [0, 0.05) is 19.6 Å². The number of nitrogens with one attached hydrogen (secondary N) is 1. The molecule has 2 rings (SSSR count). The number of para-hydroxylation sites is 1. The highest BCUT2D eigenvalue weighted by Gasteiger charge is 2.17. The first kappa shape index (κ1) is 13.7. The fraction of sp³-hybridized carbons (Fsp3) is 0.600. The molecule has 1 aliphatic heterocycles. The van der Waals surface area contributed by atoms with Crippen molar-refractivity contribution in [2.45, 2.75) is 26.2 Å². The average Bonchev–Trinajstić information content (AvgIpc) is 2.41. The van der Waals surface area contributed by atoms with Gasteiger partial charge in [0.05, 0.1) is 10.7 Å². The number of anilines is 1. The van der Waals surface area contributed by atoms with Crippen LogP contribution in [0.4, 0.5) is 5.69 Å². The maximum atomic E-state index is 6.12. The molecular formula is C15H23ClN2. The summed E-state index contributed by atoms with van der Waals surface area (Å²) < 4.78 is 0. The molecule has 100 valence electrons. The van der Waals surface area contributed by atoms with Gasteiger partial charge in [-0.2, -0.15) is 0 Å². The van der Waals surface area contributed by atoms with Gasteiger partial charge >= 0.3 is 0 Å². The quantitative estimate of drug-likeness (QED) is 0.870. The van der Waals surface area contributed by atoms with Crippen LogP contribution in [-0.2, 0) is 0 Å². The van der Waals surface area contributed by atoms with E-state index in [9.17, 15) is 0 Å². The molecule has 0 aromatic heterocycles. The molecule has 1 N–H and O–H groups in total. The number of rotatable bonds is 5. The number of piperidine rings is 1. The molecule has 3 heteroatoms. The minimum absolute atomic E-state index is 0.808. The lowest BCUT2D eigenvalue weighted by atomic mass is 9.96. The lowest BCUT2D eigenvalue weighted by Gasteiger charge is -2.32. The van der Waals surface area contributed by atoms with E-state index in [0.29, 0.717) is 0 Å². The van der Waals surface area contributed by atoms with E-state index in [2.05, 4.69) is 17.1 Å². The van der Waals surface area contributed by atoms with Gasteiger partial charge in [0.15, 0.2) is 0 Å². The Hall–Kier alpha value is -0.730. The summed E-state index contributed by atoms with van der Waals surface area (Å²) in [7, 11) is 0. The summed E-state index contributed by atoms with van der Waals surface area (Å²) in [6.07, 6.45) is 4.07. The van der Waals surface area contributed by atoms with Crippen molar-refractivity contribution in [2.75, 3.05) is 31.5 Å². The van der Waals surface area contributed by atoms with E-state index in [1.54, 1.807) is 0 Å². The Labute approximate surface area is 115 Å². The van der Waals surface area contributed by atoms with Crippen LogP contribution in [0, 0.1) is 5.92 Å². The van der Waals surface area contributed by atoms with Crippen molar-refractivity contribution in [3.63, 3.8) is 0 Å². The van der Waals surface area contributed by atoms with Gasteiger partial charge in [-0.15, -0.1) is 0 Å². The van der Waals surface area contributed by atoms with E-state index in [4.69, 9.17) is 11.6 Å². The highest BCUT2D eigenvalue weighted by atomic mass is 35.5. The zero-order valence-corrected chi connectivity index (χ0v) is 11.9. The summed E-state index contributed by atoms with van der Waals surface area (Å²) >= 11 is 6.12. The molecule has 1 heterocycles. The summed E-state index contributed by atoms with van der Waals surface area (Å²) in [4.78, 5) is 2.57. The Morgan fingerprint density at radius 2 is 2.22 bits per heavy atom. The van der Waals surface area contributed by atoms with E-state index in [-0.39, 0.29) is 0 Å². The Morgan fingerprint density at radius 3 is 3.00 bits per heavy atom. The zero-order chi connectivity index (χ0) is 12.8. The summed E-state index contributed by atoms with van der Waals surface area (Å²) in [6.45, 7) is 6.90. The minimum Gasteiger partial charge on any atom is -0.383 e. The summed E-state index contributed by atoms with van der Waals surface area (Å²) in [5.41, 5.74) is 1.04. The first-order valence-electron chi connectivity index (χ1n) is 7.00. The van der Waals surface area contributed by atoms with E-state index >= 15 is 0 Å². The third kappa shape index (κ3) is 3.89. The third-order valence-electron chi connectivity index (χ3n) is 3.80. The van der Waals surface area contributed by atoms with Crippen molar-refractivity contribution in [1.29, 1.82) is 0 Å². The van der Waals surface area contributed by atoms with Crippen molar-refractivity contribution in [2.24, 2.45) is 5.92 Å². The van der Waals surface area contributed by atoms with Crippen LogP contribution in [0.5, 0.6) is 0 Å². The number of hydrogen-bond acceptors (Lipinski definition) is 2. The maximum absolute atomic E-state index is 6.12. The molecule has 1 atom stereocenters. The fourth-order valence-corrected chi connectivity index (χ4v) is 2.84. The van der Waals surface area contributed by atoms with Crippen LogP contribution in [0.15, 0.2) is 24.3 Å². The molecule has 0 aliphatic carbocycles. The van der Waals surface area contributed by atoms with E-state index < -0.39 is 0 Å². The molecule has 0 amide bonds.